The molecule has 0 aliphatic carbocycles. The third-order valence-corrected chi connectivity index (χ3v) is 7.63. The number of hydrogen-bond donors (Lipinski definition) is 2. The summed E-state index contributed by atoms with van der Waals surface area (Å²) in [5, 5.41) is 11.9. The highest BCUT2D eigenvalue weighted by Gasteiger charge is 2.57. The molecule has 2 aliphatic rings. The van der Waals surface area contributed by atoms with E-state index in [9.17, 15) is 0 Å². The van der Waals surface area contributed by atoms with Gasteiger partial charge in [0, 0.05) is 12.5 Å². The number of benzene rings is 2. The van der Waals surface area contributed by atoms with Crippen molar-refractivity contribution in [3.8, 4) is 0 Å². The van der Waals surface area contributed by atoms with Crippen LogP contribution in [0, 0.1) is 6.92 Å². The summed E-state index contributed by atoms with van der Waals surface area (Å²) in [5.74, 6) is 1.09. The molecule has 2 unspecified atom stereocenters. The summed E-state index contributed by atoms with van der Waals surface area (Å²) in [6, 6.07) is 20.7. The van der Waals surface area contributed by atoms with Crippen LogP contribution in [0.2, 0.25) is 5.28 Å². The maximum Gasteiger partial charge on any atom is 0.226 e. The maximum absolute atomic E-state index is 6.48. The first-order valence-electron chi connectivity index (χ1n) is 13.5. The number of aromatic nitrogens is 7. The minimum atomic E-state index is -0.801. The van der Waals surface area contributed by atoms with E-state index in [0.717, 1.165) is 0 Å². The second-order valence-electron chi connectivity index (χ2n) is 10.7. The number of rotatable bonds is 7. The fourth-order valence-corrected chi connectivity index (χ4v) is 5.87. The van der Waals surface area contributed by atoms with E-state index in [-0.39, 0.29) is 11.2 Å². The third-order valence-electron chi connectivity index (χ3n) is 7.46. The van der Waals surface area contributed by atoms with Gasteiger partial charge in [-0.3, -0.25) is 4.57 Å². The predicted molar refractivity (Wildman–Crippen MR) is 151 cm³/mol. The molecule has 0 bridgehead atoms. The first kappa shape index (κ1) is 26.0. The summed E-state index contributed by atoms with van der Waals surface area (Å²) in [6.07, 6.45) is -0.284. The van der Waals surface area contributed by atoms with Crippen LogP contribution >= 0.6 is 11.6 Å². The molecular formula is C29H29ClN8O3. The van der Waals surface area contributed by atoms with Crippen molar-refractivity contribution >= 4 is 28.6 Å². The maximum atomic E-state index is 6.48. The number of nitrogens with zero attached hydrogens (tertiary/aromatic N) is 6. The molecule has 7 rings (SSSR count). The molecule has 0 spiro atoms. The molecule has 41 heavy (non-hydrogen) atoms. The summed E-state index contributed by atoms with van der Waals surface area (Å²) in [4.78, 5) is 16.9. The van der Waals surface area contributed by atoms with E-state index in [1.54, 1.807) is 6.33 Å². The Morgan fingerprint density at radius 1 is 0.976 bits per heavy atom. The molecule has 2 fully saturated rings. The van der Waals surface area contributed by atoms with Crippen molar-refractivity contribution in [2.75, 3.05) is 11.9 Å². The van der Waals surface area contributed by atoms with Crippen LogP contribution in [0.4, 0.5) is 5.82 Å². The van der Waals surface area contributed by atoms with E-state index in [4.69, 9.17) is 25.8 Å². The van der Waals surface area contributed by atoms with Gasteiger partial charge in [-0.1, -0.05) is 60.7 Å². The molecule has 0 radical (unpaired) electrons. The van der Waals surface area contributed by atoms with Crippen molar-refractivity contribution in [3.05, 3.63) is 95.1 Å². The molecule has 2 N–H and O–H groups in total. The molecule has 3 aromatic heterocycles. The zero-order valence-electron chi connectivity index (χ0n) is 22.7. The van der Waals surface area contributed by atoms with E-state index in [1.807, 2.05) is 61.7 Å². The van der Waals surface area contributed by atoms with Gasteiger partial charge in [0.25, 0.3) is 0 Å². The summed E-state index contributed by atoms with van der Waals surface area (Å²) in [5.41, 5.74) is 3.47. The number of aromatic amines is 1. The van der Waals surface area contributed by atoms with Gasteiger partial charge in [0.05, 0.1) is 6.33 Å². The predicted octanol–water partition coefficient (Wildman–Crippen LogP) is 4.94. The number of nitrogens with one attached hydrogen (secondary N) is 2. The lowest BCUT2D eigenvalue weighted by Gasteiger charge is -2.24. The van der Waals surface area contributed by atoms with Crippen LogP contribution in [0.3, 0.4) is 0 Å². The van der Waals surface area contributed by atoms with Crippen LogP contribution in [0.15, 0.2) is 67.0 Å². The van der Waals surface area contributed by atoms with E-state index in [0.29, 0.717) is 35.2 Å². The van der Waals surface area contributed by atoms with E-state index in [1.165, 1.54) is 11.1 Å². The highest BCUT2D eigenvalue weighted by molar-refractivity contribution is 6.28. The summed E-state index contributed by atoms with van der Waals surface area (Å²) in [6.45, 7) is 6.18. The lowest BCUT2D eigenvalue weighted by molar-refractivity contribution is -0.198. The van der Waals surface area contributed by atoms with Crippen LogP contribution in [-0.4, -0.2) is 59.2 Å². The highest BCUT2D eigenvalue weighted by atomic mass is 35.5. The Labute approximate surface area is 241 Å². The lowest BCUT2D eigenvalue weighted by atomic mass is 9.91. The van der Waals surface area contributed by atoms with Gasteiger partial charge in [-0.2, -0.15) is 9.97 Å². The minimum Gasteiger partial charge on any atom is -0.367 e. The Morgan fingerprint density at radius 2 is 1.66 bits per heavy atom. The van der Waals surface area contributed by atoms with Crippen molar-refractivity contribution in [2.24, 2.45) is 0 Å². The van der Waals surface area contributed by atoms with Gasteiger partial charge >= 0.3 is 0 Å². The zero-order valence-corrected chi connectivity index (χ0v) is 23.5. The molecule has 0 saturated carbocycles. The SMILES string of the molecule is Cc1nnc(C2OC(n3cnc4c(NCC(c5ccccc5)c5ccccc5)nc(Cl)nc43)[C@@H]3OC(C)(C)O[C@H]23)[nH]1. The topological polar surface area (TPSA) is 125 Å². The molecule has 2 aliphatic heterocycles. The average molecular weight is 573 g/mol. The van der Waals surface area contributed by atoms with Gasteiger partial charge in [0.2, 0.25) is 5.28 Å². The van der Waals surface area contributed by atoms with Crippen molar-refractivity contribution in [3.63, 3.8) is 0 Å². The Hall–Kier alpha value is -3.90. The Kier molecular flexibility index (Phi) is 6.46. The van der Waals surface area contributed by atoms with Gasteiger partial charge in [0.15, 0.2) is 34.8 Å². The second kappa shape index (κ2) is 10.2. The van der Waals surface area contributed by atoms with E-state index >= 15 is 0 Å². The summed E-state index contributed by atoms with van der Waals surface area (Å²) in [7, 11) is 0. The standard InChI is InChI=1S/C29H29ClN8O3/c1-16-33-25(37-36-16)22-21-23(41-29(2,3)40-21)27(39-22)38-15-32-20-24(34-28(30)35-26(20)38)31-14-19(17-10-6-4-7-11-17)18-12-8-5-9-13-18/h4-13,15,19,21-23,27H,14H2,1-3H3,(H,31,34,35)(H,33,36,37)/t21-,22?,23-,27?/m1/s1. The number of fused-ring (bicyclic) bond motifs is 2. The van der Waals surface area contributed by atoms with Crippen LogP contribution < -0.4 is 5.32 Å². The second-order valence-corrected chi connectivity index (χ2v) is 11.1. The monoisotopic (exact) mass is 572 g/mol. The van der Waals surface area contributed by atoms with Crippen LogP contribution in [0.25, 0.3) is 11.2 Å². The summed E-state index contributed by atoms with van der Waals surface area (Å²) >= 11 is 6.47. The fraction of sp³-hybridized carbons (Fsp3) is 0.345. The van der Waals surface area contributed by atoms with Gasteiger partial charge < -0.3 is 24.5 Å². The smallest absolute Gasteiger partial charge is 0.226 e. The number of ether oxygens (including phenoxy) is 3. The highest BCUT2D eigenvalue weighted by Crippen LogP contribution is 2.49. The molecule has 11 nitrogen and oxygen atoms in total. The molecule has 5 aromatic rings. The largest absolute Gasteiger partial charge is 0.367 e. The van der Waals surface area contributed by atoms with E-state index < -0.39 is 30.3 Å². The Bertz CT molecular complexity index is 1640. The van der Waals surface area contributed by atoms with Crippen LogP contribution in [0.1, 0.15) is 54.9 Å². The quantitative estimate of drug-likeness (QED) is 0.261. The normalized spacial score (nSPS) is 23.3. The zero-order chi connectivity index (χ0) is 28.1. The summed E-state index contributed by atoms with van der Waals surface area (Å²) < 4.78 is 20.9. The van der Waals surface area contributed by atoms with Crippen molar-refractivity contribution < 1.29 is 14.2 Å². The van der Waals surface area contributed by atoms with Crippen molar-refractivity contribution in [1.29, 1.82) is 0 Å². The molecule has 4 atom stereocenters. The molecule has 210 valence electrons. The minimum absolute atomic E-state index is 0.0830. The van der Waals surface area contributed by atoms with Gasteiger partial charge in [-0.05, 0) is 43.5 Å². The number of aryl methyl sites for hydroxylation is 1. The van der Waals surface area contributed by atoms with Gasteiger partial charge in [0.1, 0.15) is 24.1 Å². The Balaban J connectivity index is 1.22. The Morgan fingerprint density at radius 3 is 2.32 bits per heavy atom. The number of halogens is 1. The van der Waals surface area contributed by atoms with Crippen LogP contribution in [0.5, 0.6) is 0 Å². The number of anilines is 1. The lowest BCUT2D eigenvalue weighted by Crippen LogP contribution is -2.27. The van der Waals surface area contributed by atoms with Gasteiger partial charge in [-0.25, -0.2) is 4.98 Å². The molecule has 12 heteroatoms. The first-order valence-corrected chi connectivity index (χ1v) is 13.9. The van der Waals surface area contributed by atoms with E-state index in [2.05, 4.69) is 59.7 Å². The molecule has 0 amide bonds. The fourth-order valence-electron chi connectivity index (χ4n) is 5.71. The van der Waals surface area contributed by atoms with Crippen LogP contribution in [-0.2, 0) is 14.2 Å². The van der Waals surface area contributed by atoms with Crippen molar-refractivity contribution in [1.82, 2.24) is 34.7 Å². The molecule has 5 heterocycles. The number of H-pyrrole nitrogens is 1. The molecular weight excluding hydrogens is 544 g/mol. The average Bonchev–Trinajstić information content (AvgIpc) is 3.72. The number of hydrogen-bond acceptors (Lipinski definition) is 9. The number of imidazole rings is 1. The molecule has 2 aromatic carbocycles. The van der Waals surface area contributed by atoms with Gasteiger partial charge in [-0.15, -0.1) is 10.2 Å². The molecule has 2 saturated heterocycles. The van der Waals surface area contributed by atoms with Crippen molar-refractivity contribution in [2.45, 2.75) is 57.0 Å². The first-order chi connectivity index (χ1) is 19.9. The third kappa shape index (κ3) is 4.84.